The fourth-order valence-corrected chi connectivity index (χ4v) is 7.43. The number of carbonyl (C=O) groups excluding carboxylic acids is 3. The van der Waals surface area contributed by atoms with Crippen LogP contribution in [-0.2, 0) is 24.7 Å². The van der Waals surface area contributed by atoms with Crippen molar-refractivity contribution in [2.24, 2.45) is 17.6 Å². The van der Waals surface area contributed by atoms with Crippen LogP contribution in [0.5, 0.6) is 5.75 Å². The first-order chi connectivity index (χ1) is 22.9. The minimum absolute atomic E-state index is 0.124. The van der Waals surface area contributed by atoms with Crippen LogP contribution in [-0.4, -0.2) is 99.3 Å². The Morgan fingerprint density at radius 2 is 1.55 bits per heavy atom. The minimum Gasteiger partial charge on any atom is -0.508 e. The number of Topliss-reactive ketones (excluding diaryl/α,β-unsaturated/α-hetero) is 2. The van der Waals surface area contributed by atoms with E-state index in [1.54, 1.807) is 0 Å². The first-order valence-corrected chi connectivity index (χ1v) is 17.9. The van der Waals surface area contributed by atoms with Crippen LogP contribution in [0, 0.1) is 11.8 Å². The minimum atomic E-state index is -3.98. The molecule has 1 saturated carbocycles. The molecule has 1 aromatic carbocycles. The molecule has 9 N–H and O–H groups in total. The number of hydrogen-bond acceptors (Lipinski definition) is 11. The monoisotopic (exact) mass is 707 g/mol. The normalized spacial score (nSPS) is 25.1. The molecule has 5 atom stereocenters. The SMILES string of the molecule is C=C1c2cccc(O)c2C(O)=C2C(=O)[C@]3(O)C(O)=C(C(N)=O)C(=O)[C@@H](N(C)C)[C@@H]3[C@@H](O)[C@H]12.CCCCCCCCCCCCNS(=O)(=O)O. The number of likely N-dealkylation sites (N-methyl/N-ethyl adjacent to an activating group) is 1. The van der Waals surface area contributed by atoms with Crippen LogP contribution in [0.25, 0.3) is 11.3 Å². The zero-order chi connectivity index (χ0) is 36.8. The van der Waals surface area contributed by atoms with E-state index in [1.807, 2.05) is 0 Å². The molecule has 3 aliphatic carbocycles. The highest BCUT2D eigenvalue weighted by molar-refractivity contribution is 7.83. The van der Waals surface area contributed by atoms with Gasteiger partial charge in [0.25, 0.3) is 5.91 Å². The summed E-state index contributed by atoms with van der Waals surface area (Å²) in [7, 11) is -1.11. The van der Waals surface area contributed by atoms with Crippen LogP contribution in [0.15, 0.2) is 41.7 Å². The van der Waals surface area contributed by atoms with E-state index < -0.39 is 80.0 Å². The lowest BCUT2D eigenvalue weighted by atomic mass is 9.55. The summed E-state index contributed by atoms with van der Waals surface area (Å²) < 4.78 is 31.2. The van der Waals surface area contributed by atoms with Crippen LogP contribution >= 0.6 is 0 Å². The molecule has 3 aliphatic rings. The lowest BCUT2D eigenvalue weighted by Crippen LogP contribution is -2.70. The van der Waals surface area contributed by atoms with Gasteiger partial charge in [-0.2, -0.15) is 13.1 Å². The summed E-state index contributed by atoms with van der Waals surface area (Å²) in [5.74, 6) is -8.78. The number of nitrogens with two attached hydrogens (primary N) is 1. The molecule has 4 rings (SSSR count). The summed E-state index contributed by atoms with van der Waals surface area (Å²) >= 11 is 0. The molecule has 1 amide bonds. The average molecular weight is 708 g/mol. The number of aliphatic hydroxyl groups excluding tert-OH is 3. The van der Waals surface area contributed by atoms with E-state index in [-0.39, 0.29) is 22.4 Å². The molecule has 0 heterocycles. The molecule has 0 saturated heterocycles. The molecule has 49 heavy (non-hydrogen) atoms. The summed E-state index contributed by atoms with van der Waals surface area (Å²) in [6, 6.07) is 2.89. The Morgan fingerprint density at radius 3 is 2.06 bits per heavy atom. The van der Waals surface area contributed by atoms with Gasteiger partial charge in [-0.1, -0.05) is 83.4 Å². The van der Waals surface area contributed by atoms with Crippen molar-refractivity contribution < 1.29 is 52.9 Å². The van der Waals surface area contributed by atoms with Crippen molar-refractivity contribution in [3.63, 3.8) is 0 Å². The number of phenols is 1. The number of primary amides is 1. The molecule has 0 aliphatic heterocycles. The van der Waals surface area contributed by atoms with Gasteiger partial charge in [-0.3, -0.25) is 23.8 Å². The van der Waals surface area contributed by atoms with E-state index in [1.165, 1.54) is 82.1 Å². The lowest BCUT2D eigenvalue weighted by Gasteiger charge is -2.52. The van der Waals surface area contributed by atoms with Gasteiger partial charge in [0.15, 0.2) is 11.4 Å². The summed E-state index contributed by atoms with van der Waals surface area (Å²) in [5, 5.41) is 54.7. The van der Waals surface area contributed by atoms with E-state index in [9.17, 15) is 48.3 Å². The predicted octanol–water partition coefficient (Wildman–Crippen LogP) is 2.71. The number of unbranched alkanes of at least 4 members (excludes halogenated alkanes) is 9. The smallest absolute Gasteiger partial charge is 0.333 e. The Morgan fingerprint density at radius 1 is 1.00 bits per heavy atom. The molecule has 0 spiro atoms. The van der Waals surface area contributed by atoms with Crippen molar-refractivity contribution in [3.8, 4) is 5.75 Å². The maximum Gasteiger partial charge on any atom is 0.333 e. The Labute approximate surface area is 286 Å². The number of amides is 1. The zero-order valence-corrected chi connectivity index (χ0v) is 29.0. The zero-order valence-electron chi connectivity index (χ0n) is 28.2. The standard InChI is InChI=1S/C22H22N2O8.C12H27NO3S/c1-7-8-5-4-6-9(25)11(8)16(26)12-10(7)17(27)14-15(24(2)3)18(28)13(21(23)31)20(30)22(14,32)19(12)29;1-2-3-4-5-6-7-8-9-10-11-12-13-17(14,15)16/h4-6,10,14-15,17,25-27,30,32H,1H2,2-3H3,(H2,23,31);13H,2-12H2,1H3,(H,14,15,16)/t10-,14-,15+,17+,22+;/m1./s1. The lowest BCUT2D eigenvalue weighted by molar-refractivity contribution is -0.166. The molecule has 0 bridgehead atoms. The Kier molecular flexibility index (Phi) is 13.3. The number of nitrogens with one attached hydrogen (secondary N) is 1. The van der Waals surface area contributed by atoms with Crippen molar-refractivity contribution >= 4 is 39.1 Å². The molecule has 1 fully saturated rings. The van der Waals surface area contributed by atoms with Crippen LogP contribution in [0.2, 0.25) is 0 Å². The molecular formula is C34H49N3O11S. The van der Waals surface area contributed by atoms with Gasteiger partial charge in [0.05, 0.1) is 29.2 Å². The largest absolute Gasteiger partial charge is 0.508 e. The Hall–Kier alpha value is -3.60. The fourth-order valence-electron chi connectivity index (χ4n) is 7.02. The van der Waals surface area contributed by atoms with Crippen LogP contribution in [0.3, 0.4) is 0 Å². The molecule has 15 heteroatoms. The van der Waals surface area contributed by atoms with Gasteiger partial charge in [0.1, 0.15) is 22.8 Å². The number of aliphatic hydroxyl groups is 4. The quantitative estimate of drug-likeness (QED) is 0.0790. The second-order valence-corrected chi connectivity index (χ2v) is 14.2. The molecular weight excluding hydrogens is 658 g/mol. The Balaban J connectivity index is 0.000000326. The second kappa shape index (κ2) is 16.4. The molecule has 1 aromatic rings. The number of aromatic hydroxyl groups is 1. The van der Waals surface area contributed by atoms with Gasteiger partial charge < -0.3 is 31.3 Å². The predicted molar refractivity (Wildman–Crippen MR) is 182 cm³/mol. The number of carbonyl (C=O) groups is 3. The van der Waals surface area contributed by atoms with Crippen LogP contribution < -0.4 is 10.5 Å². The first kappa shape index (κ1) is 39.8. The van der Waals surface area contributed by atoms with Crippen LogP contribution in [0.1, 0.15) is 82.3 Å². The maximum absolute atomic E-state index is 13.6. The van der Waals surface area contributed by atoms with Crippen molar-refractivity contribution in [2.75, 3.05) is 20.6 Å². The third-order valence-electron chi connectivity index (χ3n) is 9.42. The van der Waals surface area contributed by atoms with Gasteiger partial charge in [-0.05, 0) is 37.7 Å². The number of rotatable bonds is 14. The second-order valence-electron chi connectivity index (χ2n) is 13.0. The van der Waals surface area contributed by atoms with Crippen LogP contribution in [0.4, 0.5) is 0 Å². The van der Waals surface area contributed by atoms with Gasteiger partial charge in [-0.25, -0.2) is 0 Å². The van der Waals surface area contributed by atoms with Gasteiger partial charge in [0.2, 0.25) is 5.78 Å². The van der Waals surface area contributed by atoms with E-state index in [4.69, 9.17) is 10.3 Å². The third kappa shape index (κ3) is 8.24. The molecule has 0 aromatic heterocycles. The summed E-state index contributed by atoms with van der Waals surface area (Å²) in [5.41, 5.74) is 1.16. The van der Waals surface area contributed by atoms with Crippen molar-refractivity contribution in [3.05, 3.63) is 52.8 Å². The number of nitrogens with zero attached hydrogens (tertiary/aromatic N) is 1. The number of phenolic OH excluding ortho intramolecular Hbond substituents is 1. The van der Waals surface area contributed by atoms with E-state index in [2.05, 4.69) is 18.2 Å². The number of benzene rings is 1. The van der Waals surface area contributed by atoms with E-state index in [0.29, 0.717) is 6.54 Å². The van der Waals surface area contributed by atoms with Crippen molar-refractivity contribution in [1.29, 1.82) is 0 Å². The molecule has 14 nitrogen and oxygen atoms in total. The molecule has 0 unspecified atom stereocenters. The summed E-state index contributed by atoms with van der Waals surface area (Å²) in [4.78, 5) is 39.8. The van der Waals surface area contributed by atoms with E-state index in [0.717, 1.165) is 19.3 Å². The number of fused-ring (bicyclic) bond motifs is 3. The fraction of sp³-hybridized carbons (Fsp3) is 0.559. The highest BCUT2D eigenvalue weighted by atomic mass is 32.2. The maximum atomic E-state index is 13.6. The van der Waals surface area contributed by atoms with Crippen molar-refractivity contribution in [2.45, 2.75) is 88.9 Å². The summed E-state index contributed by atoms with van der Waals surface area (Å²) in [6.45, 7) is 6.48. The number of ketones is 2. The molecule has 272 valence electrons. The number of hydrogen-bond donors (Lipinski definition) is 8. The van der Waals surface area contributed by atoms with Gasteiger partial charge in [0, 0.05) is 12.5 Å². The topological polar surface area (TPSA) is 248 Å². The molecule has 0 radical (unpaired) electrons. The highest BCUT2D eigenvalue weighted by Crippen LogP contribution is 2.55. The van der Waals surface area contributed by atoms with Gasteiger partial charge >= 0.3 is 10.3 Å². The van der Waals surface area contributed by atoms with Gasteiger partial charge in [-0.15, -0.1) is 0 Å². The van der Waals surface area contributed by atoms with Crippen molar-refractivity contribution in [1.82, 2.24) is 9.62 Å². The average Bonchev–Trinajstić information content (AvgIpc) is 3.01. The Bertz CT molecular complexity index is 1620. The highest BCUT2D eigenvalue weighted by Gasteiger charge is 2.68. The summed E-state index contributed by atoms with van der Waals surface area (Å²) in [6.07, 6.45) is 10.5. The third-order valence-corrected chi connectivity index (χ3v) is 9.99. The first-order valence-electron chi connectivity index (χ1n) is 16.5. The van der Waals surface area contributed by atoms with E-state index >= 15 is 0 Å².